The van der Waals surface area contributed by atoms with Crippen LogP contribution in [0.1, 0.15) is 18.3 Å². The van der Waals surface area contributed by atoms with Gasteiger partial charge < -0.3 is 14.5 Å². The largest absolute Gasteiger partial charge is 0.497 e. The Hall–Kier alpha value is -2.56. The number of hydrogen-bond acceptors (Lipinski definition) is 4. The Balaban J connectivity index is 1.86. The van der Waals surface area contributed by atoms with E-state index in [1.54, 1.807) is 7.11 Å². The van der Waals surface area contributed by atoms with Gasteiger partial charge in [-0.15, -0.1) is 0 Å². The highest BCUT2D eigenvalue weighted by molar-refractivity contribution is 5.71. The summed E-state index contributed by atoms with van der Waals surface area (Å²) in [7, 11) is 1.67. The second-order valence-corrected chi connectivity index (χ2v) is 4.67. The molecule has 0 amide bonds. The Kier molecular flexibility index (Phi) is 3.73. The van der Waals surface area contributed by atoms with Crippen LogP contribution in [0.4, 0.5) is 0 Å². The van der Waals surface area contributed by atoms with E-state index in [0.29, 0.717) is 24.6 Å². The van der Waals surface area contributed by atoms with Crippen molar-refractivity contribution in [3.8, 4) is 11.6 Å². The van der Waals surface area contributed by atoms with Gasteiger partial charge in [0, 0.05) is 12.5 Å². The molecule has 0 radical (unpaired) electrons. The molecule has 108 valence electrons. The molecule has 21 heavy (non-hydrogen) atoms. The number of nitrogens with one attached hydrogen (secondary N) is 1. The van der Waals surface area contributed by atoms with Crippen molar-refractivity contribution in [1.29, 1.82) is 0 Å². The van der Waals surface area contributed by atoms with Crippen molar-refractivity contribution in [2.75, 3.05) is 13.7 Å². The summed E-state index contributed by atoms with van der Waals surface area (Å²) < 4.78 is 10.6. The first kappa shape index (κ1) is 13.4. The standard InChI is InChI=1S/C16H17N3O2/c1-3-21-15-8-7-13-16(19-15)18-14(17-13)10-11-5-4-6-12(9-11)20-2/h4-9H,3,10H2,1-2H3,(H,17,18,19). The molecule has 0 aliphatic heterocycles. The molecule has 0 saturated heterocycles. The molecule has 5 heteroatoms. The van der Waals surface area contributed by atoms with E-state index in [2.05, 4.69) is 21.0 Å². The van der Waals surface area contributed by atoms with Gasteiger partial charge in [-0.2, -0.15) is 4.98 Å². The Morgan fingerprint density at radius 1 is 1.14 bits per heavy atom. The molecule has 2 aromatic heterocycles. The molecule has 3 aromatic rings. The van der Waals surface area contributed by atoms with Gasteiger partial charge in [0.2, 0.25) is 5.88 Å². The Morgan fingerprint density at radius 3 is 2.86 bits per heavy atom. The molecule has 5 nitrogen and oxygen atoms in total. The lowest BCUT2D eigenvalue weighted by Gasteiger charge is -2.02. The van der Waals surface area contributed by atoms with Crippen LogP contribution in [0.3, 0.4) is 0 Å². The molecule has 0 fully saturated rings. The molecule has 3 rings (SSSR count). The van der Waals surface area contributed by atoms with Crippen molar-refractivity contribution in [3.63, 3.8) is 0 Å². The normalized spacial score (nSPS) is 10.8. The predicted octanol–water partition coefficient (Wildman–Crippen LogP) is 2.96. The first-order chi connectivity index (χ1) is 10.3. The van der Waals surface area contributed by atoms with Gasteiger partial charge in [-0.05, 0) is 30.7 Å². The summed E-state index contributed by atoms with van der Waals surface area (Å²) in [6.45, 7) is 2.53. The zero-order chi connectivity index (χ0) is 14.7. The minimum atomic E-state index is 0.597. The third-order valence-electron chi connectivity index (χ3n) is 3.17. The van der Waals surface area contributed by atoms with Gasteiger partial charge in [0.05, 0.1) is 19.2 Å². The van der Waals surface area contributed by atoms with Gasteiger partial charge in [-0.3, -0.25) is 0 Å². The van der Waals surface area contributed by atoms with Crippen LogP contribution in [0.2, 0.25) is 0 Å². The van der Waals surface area contributed by atoms with Gasteiger partial charge in [-0.25, -0.2) is 4.98 Å². The van der Waals surface area contributed by atoms with Gasteiger partial charge in [-0.1, -0.05) is 12.1 Å². The minimum absolute atomic E-state index is 0.597. The summed E-state index contributed by atoms with van der Waals surface area (Å²) in [4.78, 5) is 12.2. The number of aromatic nitrogens is 3. The fourth-order valence-electron chi connectivity index (χ4n) is 2.21. The van der Waals surface area contributed by atoms with Crippen molar-refractivity contribution in [3.05, 3.63) is 47.8 Å². The zero-order valence-electron chi connectivity index (χ0n) is 12.1. The van der Waals surface area contributed by atoms with E-state index < -0.39 is 0 Å². The highest BCUT2D eigenvalue weighted by Gasteiger charge is 2.07. The quantitative estimate of drug-likeness (QED) is 0.782. The summed E-state index contributed by atoms with van der Waals surface area (Å²) in [6.07, 6.45) is 0.706. The number of imidazole rings is 1. The topological polar surface area (TPSA) is 60.0 Å². The van der Waals surface area contributed by atoms with E-state index in [1.807, 2.05) is 37.3 Å². The number of H-pyrrole nitrogens is 1. The molecule has 2 heterocycles. The van der Waals surface area contributed by atoms with Crippen LogP contribution < -0.4 is 9.47 Å². The van der Waals surface area contributed by atoms with Crippen LogP contribution >= 0.6 is 0 Å². The molecule has 0 aliphatic rings. The van der Waals surface area contributed by atoms with E-state index in [4.69, 9.17) is 9.47 Å². The van der Waals surface area contributed by atoms with Crippen LogP contribution in [0, 0.1) is 0 Å². The molecule has 0 unspecified atom stereocenters. The van der Waals surface area contributed by atoms with Gasteiger partial charge in [0.15, 0.2) is 5.65 Å². The number of rotatable bonds is 5. The lowest BCUT2D eigenvalue weighted by molar-refractivity contribution is 0.328. The molecular weight excluding hydrogens is 266 g/mol. The Labute approximate surface area is 123 Å². The third-order valence-corrected chi connectivity index (χ3v) is 3.17. The minimum Gasteiger partial charge on any atom is -0.497 e. The maximum absolute atomic E-state index is 5.39. The Bertz CT molecular complexity index is 752. The maximum atomic E-state index is 5.39. The second-order valence-electron chi connectivity index (χ2n) is 4.67. The lowest BCUT2D eigenvalue weighted by Crippen LogP contribution is -1.94. The first-order valence-corrected chi connectivity index (χ1v) is 6.90. The summed E-state index contributed by atoms with van der Waals surface area (Å²) in [5, 5.41) is 0. The number of benzene rings is 1. The molecule has 0 atom stereocenters. The molecule has 1 aromatic carbocycles. The van der Waals surface area contributed by atoms with Crippen molar-refractivity contribution >= 4 is 11.2 Å². The van der Waals surface area contributed by atoms with Crippen LogP contribution in [0.15, 0.2) is 36.4 Å². The predicted molar refractivity (Wildman–Crippen MR) is 80.9 cm³/mol. The highest BCUT2D eigenvalue weighted by atomic mass is 16.5. The maximum Gasteiger partial charge on any atom is 0.215 e. The van der Waals surface area contributed by atoms with Crippen molar-refractivity contribution in [1.82, 2.24) is 15.0 Å². The van der Waals surface area contributed by atoms with E-state index in [-0.39, 0.29) is 0 Å². The fourth-order valence-corrected chi connectivity index (χ4v) is 2.21. The van der Waals surface area contributed by atoms with Crippen LogP contribution in [0.25, 0.3) is 11.2 Å². The van der Waals surface area contributed by atoms with Crippen molar-refractivity contribution in [2.24, 2.45) is 0 Å². The number of hydrogen-bond donors (Lipinski definition) is 1. The molecule has 0 bridgehead atoms. The van der Waals surface area contributed by atoms with E-state index in [9.17, 15) is 0 Å². The fraction of sp³-hybridized carbons (Fsp3) is 0.250. The van der Waals surface area contributed by atoms with Crippen molar-refractivity contribution < 1.29 is 9.47 Å². The van der Waals surface area contributed by atoms with Crippen LogP contribution in [-0.2, 0) is 6.42 Å². The zero-order valence-corrected chi connectivity index (χ0v) is 12.1. The summed E-state index contributed by atoms with van der Waals surface area (Å²) in [6, 6.07) is 11.7. The van der Waals surface area contributed by atoms with Crippen molar-refractivity contribution in [2.45, 2.75) is 13.3 Å². The first-order valence-electron chi connectivity index (χ1n) is 6.90. The highest BCUT2D eigenvalue weighted by Crippen LogP contribution is 2.18. The summed E-state index contributed by atoms with van der Waals surface area (Å²) in [5.74, 6) is 2.32. The average molecular weight is 283 g/mol. The van der Waals surface area contributed by atoms with Crippen LogP contribution in [0.5, 0.6) is 11.6 Å². The van der Waals surface area contributed by atoms with E-state index in [1.165, 1.54) is 0 Å². The smallest absolute Gasteiger partial charge is 0.215 e. The van der Waals surface area contributed by atoms with E-state index >= 15 is 0 Å². The van der Waals surface area contributed by atoms with Gasteiger partial charge in [0.25, 0.3) is 0 Å². The number of fused-ring (bicyclic) bond motifs is 1. The van der Waals surface area contributed by atoms with Gasteiger partial charge in [0.1, 0.15) is 11.6 Å². The molecule has 0 aliphatic carbocycles. The number of ether oxygens (including phenoxy) is 2. The van der Waals surface area contributed by atoms with E-state index in [0.717, 1.165) is 22.7 Å². The monoisotopic (exact) mass is 283 g/mol. The van der Waals surface area contributed by atoms with Gasteiger partial charge >= 0.3 is 0 Å². The Morgan fingerprint density at radius 2 is 2.05 bits per heavy atom. The second kappa shape index (κ2) is 5.83. The SMILES string of the molecule is CCOc1ccc2[nH]c(Cc3cccc(OC)c3)nc2n1. The molecule has 0 saturated carbocycles. The number of aromatic amines is 1. The average Bonchev–Trinajstić information content (AvgIpc) is 2.89. The number of pyridine rings is 1. The molecular formula is C16H17N3O2. The number of nitrogens with zero attached hydrogens (tertiary/aromatic N) is 2. The molecule has 1 N–H and O–H groups in total. The summed E-state index contributed by atoms with van der Waals surface area (Å²) in [5.41, 5.74) is 2.73. The summed E-state index contributed by atoms with van der Waals surface area (Å²) >= 11 is 0. The number of methoxy groups -OCH3 is 1. The molecule has 0 spiro atoms. The lowest BCUT2D eigenvalue weighted by atomic mass is 10.1. The van der Waals surface area contributed by atoms with Crippen LogP contribution in [-0.4, -0.2) is 28.7 Å². The third kappa shape index (κ3) is 2.97.